The van der Waals surface area contributed by atoms with Gasteiger partial charge in [0.25, 0.3) is 0 Å². The van der Waals surface area contributed by atoms with E-state index in [1.54, 1.807) is 24.3 Å². The number of alkyl halides is 1. The summed E-state index contributed by atoms with van der Waals surface area (Å²) in [5.74, 6) is 1.96. The second-order valence-electron chi connectivity index (χ2n) is 3.52. The predicted molar refractivity (Wildman–Crippen MR) is 67.2 cm³/mol. The van der Waals surface area contributed by atoms with Gasteiger partial charge < -0.3 is 4.74 Å². The Kier molecular flexibility index (Phi) is 3.64. The second kappa shape index (κ2) is 5.38. The van der Waals surface area contributed by atoms with Crippen LogP contribution < -0.4 is 4.74 Å². The molecule has 2 rings (SSSR count). The minimum atomic E-state index is 0.497. The van der Waals surface area contributed by atoms with Crippen LogP contribution in [0.25, 0.3) is 0 Å². The first-order chi connectivity index (χ1) is 8.31. The molecule has 0 radical (unpaired) electrons. The molecule has 0 spiro atoms. The molecule has 0 aliphatic carbocycles. The van der Waals surface area contributed by atoms with E-state index in [9.17, 15) is 0 Å². The number of hydrogen-bond donors (Lipinski definition) is 0. The third-order valence-electron chi connectivity index (χ3n) is 2.30. The minimum Gasteiger partial charge on any atom is -0.457 e. The molecule has 0 fully saturated rings. The highest BCUT2D eigenvalue weighted by Gasteiger charge is 1.98. The van der Waals surface area contributed by atoms with Gasteiger partial charge in [-0.1, -0.05) is 12.1 Å². The van der Waals surface area contributed by atoms with Gasteiger partial charge >= 0.3 is 0 Å². The van der Waals surface area contributed by atoms with E-state index in [-0.39, 0.29) is 0 Å². The molecule has 0 aromatic heterocycles. The van der Waals surface area contributed by atoms with Gasteiger partial charge in [0, 0.05) is 5.88 Å². The van der Waals surface area contributed by atoms with Crippen LogP contribution in [0.5, 0.6) is 11.5 Å². The van der Waals surface area contributed by atoms with Crippen molar-refractivity contribution in [1.29, 1.82) is 5.26 Å². The number of hydrogen-bond acceptors (Lipinski definition) is 2. The lowest BCUT2D eigenvalue weighted by atomic mass is 10.2. The van der Waals surface area contributed by atoms with E-state index in [1.165, 1.54) is 0 Å². The van der Waals surface area contributed by atoms with Crippen molar-refractivity contribution in [3.63, 3.8) is 0 Å². The van der Waals surface area contributed by atoms with Crippen LogP contribution in [0.15, 0.2) is 48.5 Å². The van der Waals surface area contributed by atoms with Crippen LogP contribution in [0.4, 0.5) is 0 Å². The van der Waals surface area contributed by atoms with Crippen molar-refractivity contribution in [2.75, 3.05) is 0 Å². The van der Waals surface area contributed by atoms with Crippen molar-refractivity contribution < 1.29 is 4.74 Å². The van der Waals surface area contributed by atoms with Gasteiger partial charge in [-0.05, 0) is 42.0 Å². The number of ether oxygens (including phenoxy) is 1. The molecule has 0 heterocycles. The molecule has 0 aliphatic heterocycles. The first kappa shape index (κ1) is 11.5. The lowest BCUT2D eigenvalue weighted by molar-refractivity contribution is 0.482. The summed E-state index contributed by atoms with van der Waals surface area (Å²) in [4.78, 5) is 0. The van der Waals surface area contributed by atoms with Gasteiger partial charge in [0.1, 0.15) is 11.5 Å². The molecule has 84 valence electrons. The average Bonchev–Trinajstić information content (AvgIpc) is 2.40. The topological polar surface area (TPSA) is 33.0 Å². The summed E-state index contributed by atoms with van der Waals surface area (Å²) in [6.45, 7) is 0. The lowest BCUT2D eigenvalue weighted by Gasteiger charge is -2.05. The summed E-state index contributed by atoms with van der Waals surface area (Å²) in [6.07, 6.45) is 0. The number of benzene rings is 2. The monoisotopic (exact) mass is 243 g/mol. The highest BCUT2D eigenvalue weighted by molar-refractivity contribution is 6.17. The Bertz CT molecular complexity index is 526. The van der Waals surface area contributed by atoms with Gasteiger partial charge in [-0.2, -0.15) is 5.26 Å². The largest absolute Gasteiger partial charge is 0.457 e. The maximum atomic E-state index is 8.67. The molecular formula is C14H10ClNO. The van der Waals surface area contributed by atoms with Crippen LogP contribution in [0.1, 0.15) is 11.1 Å². The number of halogens is 1. The zero-order chi connectivity index (χ0) is 12.1. The maximum Gasteiger partial charge on any atom is 0.127 e. The van der Waals surface area contributed by atoms with Crippen molar-refractivity contribution in [2.24, 2.45) is 0 Å². The summed E-state index contributed by atoms with van der Waals surface area (Å²) < 4.78 is 5.62. The van der Waals surface area contributed by atoms with E-state index in [2.05, 4.69) is 6.07 Å². The molecule has 0 atom stereocenters. The first-order valence-corrected chi connectivity index (χ1v) is 5.68. The summed E-state index contributed by atoms with van der Waals surface area (Å²) in [5, 5.41) is 8.67. The highest BCUT2D eigenvalue weighted by Crippen LogP contribution is 2.22. The molecule has 0 saturated carbocycles. The fourth-order valence-electron chi connectivity index (χ4n) is 1.38. The highest BCUT2D eigenvalue weighted by atomic mass is 35.5. The van der Waals surface area contributed by atoms with Crippen LogP contribution in [0.3, 0.4) is 0 Å². The predicted octanol–water partition coefficient (Wildman–Crippen LogP) is 4.09. The van der Waals surface area contributed by atoms with Crippen molar-refractivity contribution in [2.45, 2.75) is 5.88 Å². The fraction of sp³-hybridized carbons (Fsp3) is 0.0714. The van der Waals surface area contributed by atoms with Crippen LogP contribution in [-0.2, 0) is 5.88 Å². The SMILES string of the molecule is N#Cc1ccc(Oc2ccc(CCl)cc2)cc1. The van der Waals surface area contributed by atoms with Crippen LogP contribution in [-0.4, -0.2) is 0 Å². The molecule has 3 heteroatoms. The Balaban J connectivity index is 2.11. The first-order valence-electron chi connectivity index (χ1n) is 5.15. The van der Waals surface area contributed by atoms with Crippen molar-refractivity contribution >= 4 is 11.6 Å². The summed E-state index contributed by atoms with van der Waals surface area (Å²) in [6, 6.07) is 16.6. The molecule has 2 aromatic rings. The molecule has 2 aromatic carbocycles. The Morgan fingerprint density at radius 1 is 0.941 bits per heavy atom. The molecule has 0 bridgehead atoms. The van der Waals surface area contributed by atoms with E-state index in [0.29, 0.717) is 17.2 Å². The average molecular weight is 244 g/mol. The van der Waals surface area contributed by atoms with Gasteiger partial charge in [0.2, 0.25) is 0 Å². The van der Waals surface area contributed by atoms with E-state index >= 15 is 0 Å². The third-order valence-corrected chi connectivity index (χ3v) is 2.61. The molecule has 0 N–H and O–H groups in total. The van der Waals surface area contributed by atoms with E-state index in [1.807, 2.05) is 24.3 Å². The zero-order valence-electron chi connectivity index (χ0n) is 9.06. The van der Waals surface area contributed by atoms with Gasteiger partial charge in [-0.25, -0.2) is 0 Å². The van der Waals surface area contributed by atoms with Crippen LogP contribution in [0.2, 0.25) is 0 Å². The Labute approximate surface area is 105 Å². The Morgan fingerprint density at radius 3 is 1.94 bits per heavy atom. The molecule has 0 unspecified atom stereocenters. The van der Waals surface area contributed by atoms with Crippen LogP contribution >= 0.6 is 11.6 Å². The van der Waals surface area contributed by atoms with Gasteiger partial charge in [0.05, 0.1) is 11.6 Å². The minimum absolute atomic E-state index is 0.497. The number of nitriles is 1. The molecule has 2 nitrogen and oxygen atoms in total. The summed E-state index contributed by atoms with van der Waals surface area (Å²) in [7, 11) is 0. The maximum absolute atomic E-state index is 8.67. The van der Waals surface area contributed by atoms with Crippen molar-refractivity contribution in [3.05, 3.63) is 59.7 Å². The normalized spacial score (nSPS) is 9.65. The smallest absolute Gasteiger partial charge is 0.127 e. The number of nitrogens with zero attached hydrogens (tertiary/aromatic N) is 1. The molecule has 0 amide bonds. The molecule has 0 aliphatic rings. The van der Waals surface area contributed by atoms with E-state index in [4.69, 9.17) is 21.6 Å². The third kappa shape index (κ3) is 2.99. The quantitative estimate of drug-likeness (QED) is 0.761. The zero-order valence-corrected chi connectivity index (χ0v) is 9.82. The van der Waals surface area contributed by atoms with Gasteiger partial charge in [-0.15, -0.1) is 11.6 Å². The number of rotatable bonds is 3. The fourth-order valence-corrected chi connectivity index (χ4v) is 1.56. The molecular weight excluding hydrogens is 234 g/mol. The standard InChI is InChI=1S/C14H10ClNO/c15-9-11-1-5-13(6-2-11)17-14-7-3-12(10-16)4-8-14/h1-8H,9H2. The van der Waals surface area contributed by atoms with E-state index in [0.717, 1.165) is 11.3 Å². The van der Waals surface area contributed by atoms with Gasteiger partial charge in [0.15, 0.2) is 0 Å². The van der Waals surface area contributed by atoms with Crippen molar-refractivity contribution in [1.82, 2.24) is 0 Å². The lowest BCUT2D eigenvalue weighted by Crippen LogP contribution is -1.85. The summed E-state index contributed by atoms with van der Waals surface area (Å²) in [5.41, 5.74) is 1.67. The van der Waals surface area contributed by atoms with Gasteiger partial charge in [-0.3, -0.25) is 0 Å². The second-order valence-corrected chi connectivity index (χ2v) is 3.78. The van der Waals surface area contributed by atoms with E-state index < -0.39 is 0 Å². The van der Waals surface area contributed by atoms with Crippen LogP contribution in [0, 0.1) is 11.3 Å². The Morgan fingerprint density at radius 2 is 1.47 bits per heavy atom. The molecule has 17 heavy (non-hydrogen) atoms. The van der Waals surface area contributed by atoms with Crippen molar-refractivity contribution in [3.8, 4) is 17.6 Å². The summed E-state index contributed by atoms with van der Waals surface area (Å²) >= 11 is 5.70. The Hall–Kier alpha value is -1.98. The molecule has 0 saturated heterocycles.